The summed E-state index contributed by atoms with van der Waals surface area (Å²) in [7, 11) is 3.64. The third-order valence-corrected chi connectivity index (χ3v) is 7.22. The van der Waals surface area contributed by atoms with Gasteiger partial charge in [-0.2, -0.15) is 23.4 Å². The zero-order valence-electron chi connectivity index (χ0n) is 28.4. The lowest BCUT2D eigenvalue weighted by molar-refractivity contribution is -0.137. The minimum absolute atomic E-state index is 0.252. The van der Waals surface area contributed by atoms with Crippen molar-refractivity contribution in [2.24, 2.45) is 14.1 Å². The molecule has 0 fully saturated rings. The van der Waals surface area contributed by atoms with Crippen molar-refractivity contribution in [1.82, 2.24) is 39.5 Å². The predicted molar refractivity (Wildman–Crippen MR) is 190 cm³/mol. The van der Waals surface area contributed by atoms with E-state index in [1.165, 1.54) is 18.7 Å². The molecule has 274 valence electrons. The summed E-state index contributed by atoms with van der Waals surface area (Å²) in [6.45, 7) is 0. The second-order valence-corrected chi connectivity index (χ2v) is 11.4. The van der Waals surface area contributed by atoms with E-state index in [9.17, 15) is 22.4 Å². The third-order valence-electron chi connectivity index (χ3n) is 7.22. The van der Waals surface area contributed by atoms with Gasteiger partial charge in [-0.3, -0.25) is 9.36 Å². The molecule has 0 radical (unpaired) electrons. The number of carbonyl (C=O) groups excluding carboxylic acids is 1. The molecule has 14 nitrogen and oxygen atoms in total. The highest BCUT2D eigenvalue weighted by Gasteiger charge is 2.31. The van der Waals surface area contributed by atoms with E-state index in [0.29, 0.717) is 46.6 Å². The van der Waals surface area contributed by atoms with Crippen LogP contribution in [0.5, 0.6) is 23.3 Å². The topological polar surface area (TPSA) is 173 Å². The fourth-order valence-electron chi connectivity index (χ4n) is 4.75. The van der Waals surface area contributed by atoms with Crippen LogP contribution < -0.4 is 25.8 Å². The van der Waals surface area contributed by atoms with Crippen molar-refractivity contribution in [3.8, 4) is 45.8 Å². The molecule has 0 bridgehead atoms. The first-order valence-electron chi connectivity index (χ1n) is 15.8. The number of hydrogen-bond acceptors (Lipinski definition) is 10. The summed E-state index contributed by atoms with van der Waals surface area (Å²) in [5.41, 5.74) is 8.14. The van der Waals surface area contributed by atoms with E-state index < -0.39 is 29.3 Å². The number of aromatic nitrogens is 8. The van der Waals surface area contributed by atoms with Gasteiger partial charge in [0.05, 0.1) is 35.0 Å². The molecule has 0 unspecified atom stereocenters. The molecule has 0 aliphatic rings. The van der Waals surface area contributed by atoms with Crippen LogP contribution in [0.1, 0.15) is 5.56 Å². The third kappa shape index (κ3) is 9.69. The summed E-state index contributed by atoms with van der Waals surface area (Å²) in [5, 5.41) is 12.8. The van der Waals surface area contributed by atoms with Gasteiger partial charge in [-0.1, -0.05) is 12.1 Å². The average Bonchev–Trinajstić information content (AvgIpc) is 3.77. The van der Waals surface area contributed by atoms with E-state index in [-0.39, 0.29) is 5.88 Å². The highest BCUT2D eigenvalue weighted by molar-refractivity contribution is 6.00. The first kappa shape index (κ1) is 36.4. The predicted octanol–water partition coefficient (Wildman–Crippen LogP) is 7.72. The van der Waals surface area contributed by atoms with Crippen molar-refractivity contribution in [2.75, 3.05) is 16.4 Å². The first-order valence-corrected chi connectivity index (χ1v) is 15.8. The number of nitrogens with one attached hydrogen (secondary N) is 2. The number of nitrogens with two attached hydrogens (primary N) is 1. The Bertz CT molecular complexity index is 2400. The fraction of sp³-hybridized carbons (Fsp3) is 0.0833. The van der Waals surface area contributed by atoms with Crippen molar-refractivity contribution in [3.63, 3.8) is 0 Å². The van der Waals surface area contributed by atoms with Gasteiger partial charge in [0, 0.05) is 73.3 Å². The summed E-state index contributed by atoms with van der Waals surface area (Å²) in [6.07, 6.45) is 5.17. The summed E-state index contributed by atoms with van der Waals surface area (Å²) in [5.74, 6) is 0.483. The Hall–Kier alpha value is -7.37. The Balaban J connectivity index is 0.000000210. The van der Waals surface area contributed by atoms with Gasteiger partial charge in [0.25, 0.3) is 0 Å². The van der Waals surface area contributed by atoms with Gasteiger partial charge in [0.15, 0.2) is 0 Å². The SMILES string of the molecule is Cn1cc(-c2cc(Oc3cccc(N)c3)ncn2)cn1.Cn1cc(-c2cc(Oc3cccc(NC(=O)Nc4ccc(C(F)(F)F)cc4F)c3)ncn2)cn1. The Labute approximate surface area is 304 Å². The largest absolute Gasteiger partial charge is 0.439 e. The van der Waals surface area contributed by atoms with Gasteiger partial charge < -0.3 is 25.8 Å². The Morgan fingerprint density at radius 2 is 1.30 bits per heavy atom. The van der Waals surface area contributed by atoms with Gasteiger partial charge in [0.2, 0.25) is 11.8 Å². The minimum Gasteiger partial charge on any atom is -0.439 e. The average molecular weight is 740 g/mol. The second kappa shape index (κ2) is 15.9. The summed E-state index contributed by atoms with van der Waals surface area (Å²) < 4.78 is 66.7. The molecule has 7 rings (SSSR count). The van der Waals surface area contributed by atoms with Crippen LogP contribution in [0.4, 0.5) is 39.4 Å². The van der Waals surface area contributed by atoms with Crippen LogP contribution in [0.25, 0.3) is 22.5 Å². The number of urea groups is 1. The molecule has 54 heavy (non-hydrogen) atoms. The zero-order chi connectivity index (χ0) is 38.2. The van der Waals surface area contributed by atoms with Gasteiger partial charge in [-0.15, -0.1) is 0 Å². The molecule has 4 N–H and O–H groups in total. The molecule has 4 heterocycles. The number of nitrogens with zero attached hydrogens (tertiary/aromatic N) is 8. The molecule has 0 aliphatic heterocycles. The number of rotatable bonds is 8. The summed E-state index contributed by atoms with van der Waals surface area (Å²) in [4.78, 5) is 28.8. The van der Waals surface area contributed by atoms with Gasteiger partial charge in [-0.25, -0.2) is 29.1 Å². The fourth-order valence-corrected chi connectivity index (χ4v) is 4.75. The number of aryl methyl sites for hydroxylation is 2. The highest BCUT2D eigenvalue weighted by Crippen LogP contribution is 2.32. The molecule has 0 saturated carbocycles. The molecule has 4 aromatic heterocycles. The molecule has 18 heteroatoms. The molecule has 2 amide bonds. The zero-order valence-corrected chi connectivity index (χ0v) is 28.4. The number of ether oxygens (including phenoxy) is 2. The monoisotopic (exact) mass is 739 g/mol. The number of halogens is 4. The van der Waals surface area contributed by atoms with E-state index in [2.05, 4.69) is 40.8 Å². The maximum Gasteiger partial charge on any atom is 0.416 e. The molecule has 0 atom stereocenters. The molecule has 0 saturated heterocycles. The van der Waals surface area contributed by atoms with E-state index in [1.807, 2.05) is 25.4 Å². The van der Waals surface area contributed by atoms with Gasteiger partial charge >= 0.3 is 12.2 Å². The number of hydrogen-bond donors (Lipinski definition) is 3. The van der Waals surface area contributed by atoms with Crippen molar-refractivity contribution < 1.29 is 31.8 Å². The van der Waals surface area contributed by atoms with Crippen LogP contribution in [0.3, 0.4) is 0 Å². The smallest absolute Gasteiger partial charge is 0.416 e. The van der Waals surface area contributed by atoms with Crippen LogP contribution in [-0.2, 0) is 20.3 Å². The normalized spacial score (nSPS) is 10.9. The van der Waals surface area contributed by atoms with Crippen molar-refractivity contribution in [1.29, 1.82) is 0 Å². The van der Waals surface area contributed by atoms with Crippen molar-refractivity contribution in [3.05, 3.63) is 128 Å². The van der Waals surface area contributed by atoms with Crippen LogP contribution in [0, 0.1) is 5.82 Å². The summed E-state index contributed by atoms with van der Waals surface area (Å²) in [6, 6.07) is 17.8. The molecular weight excluding hydrogens is 710 g/mol. The van der Waals surface area contributed by atoms with Crippen molar-refractivity contribution >= 4 is 23.1 Å². The van der Waals surface area contributed by atoms with Crippen LogP contribution in [0.2, 0.25) is 0 Å². The number of anilines is 3. The van der Waals surface area contributed by atoms with E-state index in [4.69, 9.17) is 15.2 Å². The van der Waals surface area contributed by atoms with Crippen LogP contribution in [-0.4, -0.2) is 45.5 Å². The maximum atomic E-state index is 14.0. The van der Waals surface area contributed by atoms with Gasteiger partial charge in [-0.05, 0) is 42.5 Å². The van der Waals surface area contributed by atoms with Crippen molar-refractivity contribution in [2.45, 2.75) is 6.18 Å². The molecule has 3 aromatic carbocycles. The highest BCUT2D eigenvalue weighted by atomic mass is 19.4. The molecule has 0 aliphatic carbocycles. The molecule has 0 spiro atoms. The van der Waals surface area contributed by atoms with E-state index >= 15 is 0 Å². The van der Waals surface area contributed by atoms with Gasteiger partial charge in [0.1, 0.15) is 30.0 Å². The molecular formula is C36H29F4N11O3. The Morgan fingerprint density at radius 3 is 1.81 bits per heavy atom. The number of carbonyl (C=O) groups is 1. The number of alkyl halides is 3. The lowest BCUT2D eigenvalue weighted by atomic mass is 10.2. The lowest BCUT2D eigenvalue weighted by Gasteiger charge is -2.12. The number of nitrogen functional groups attached to an aromatic ring is 1. The van der Waals surface area contributed by atoms with Crippen LogP contribution >= 0.6 is 0 Å². The maximum absolute atomic E-state index is 14.0. The Morgan fingerprint density at radius 1 is 0.722 bits per heavy atom. The minimum atomic E-state index is -4.69. The first-order chi connectivity index (χ1) is 25.9. The quantitative estimate of drug-likeness (QED) is 0.103. The second-order valence-electron chi connectivity index (χ2n) is 11.4. The number of benzene rings is 3. The van der Waals surface area contributed by atoms with E-state index in [0.717, 1.165) is 22.9 Å². The lowest BCUT2D eigenvalue weighted by Crippen LogP contribution is -2.20. The standard InChI is InChI=1S/C22H16F4N6O2.C14H13N5O/c1-32-11-13(10-29-32)19-9-20(28-12-27-19)34-16-4-2-3-15(8-16)30-21(33)31-18-6-5-14(7-17(18)23)22(24,25)26;1-19-8-10(7-18-19)13-6-14(17-9-16-13)20-12-4-2-3-11(15)5-12/h2-12H,1H3,(H2,30,31,33);2-9H,15H2,1H3. The summed E-state index contributed by atoms with van der Waals surface area (Å²) >= 11 is 0. The Kier molecular flexibility index (Phi) is 10.7. The number of amides is 2. The van der Waals surface area contributed by atoms with E-state index in [1.54, 1.807) is 77.5 Å². The van der Waals surface area contributed by atoms with Crippen LogP contribution in [0.15, 0.2) is 116 Å². The molecule has 7 aromatic rings.